The molecule has 7 nitrogen and oxygen atoms in total. The highest BCUT2D eigenvalue weighted by molar-refractivity contribution is 6.03. The van der Waals surface area contributed by atoms with Crippen LogP contribution in [0, 0.1) is 11.6 Å². The maximum absolute atomic E-state index is 13.7. The van der Waals surface area contributed by atoms with Crippen LogP contribution in [0.1, 0.15) is 29.4 Å². The minimum absolute atomic E-state index is 0.0979. The Morgan fingerprint density at radius 3 is 2.74 bits per heavy atom. The van der Waals surface area contributed by atoms with Crippen molar-refractivity contribution in [3.63, 3.8) is 0 Å². The van der Waals surface area contributed by atoms with Crippen molar-refractivity contribution in [3.05, 3.63) is 59.4 Å². The molecule has 0 fully saturated rings. The highest BCUT2D eigenvalue weighted by Crippen LogP contribution is 2.34. The lowest BCUT2D eigenvalue weighted by Gasteiger charge is -2.33. The van der Waals surface area contributed by atoms with E-state index in [1.165, 1.54) is 4.90 Å². The van der Waals surface area contributed by atoms with Gasteiger partial charge in [0.2, 0.25) is 5.91 Å². The number of halogens is 2. The maximum atomic E-state index is 13.7. The van der Waals surface area contributed by atoms with Gasteiger partial charge in [0.25, 0.3) is 5.91 Å². The number of nitrogens with zero attached hydrogens (tertiary/aromatic N) is 3. The van der Waals surface area contributed by atoms with Gasteiger partial charge in [-0.1, -0.05) is 12.1 Å². The monoisotopic (exact) mass is 373 g/mol. The fourth-order valence-electron chi connectivity index (χ4n) is 2.78. The van der Waals surface area contributed by atoms with Crippen LogP contribution in [0.15, 0.2) is 41.5 Å². The number of nitrogens with two attached hydrogens (primary N) is 1. The number of pyridine rings is 1. The molecule has 0 bridgehead atoms. The van der Waals surface area contributed by atoms with Gasteiger partial charge in [-0.3, -0.25) is 14.5 Å². The predicted molar refractivity (Wildman–Crippen MR) is 94.9 cm³/mol. The molecule has 0 spiro atoms. The first kappa shape index (κ1) is 18.4. The average molecular weight is 373 g/mol. The van der Waals surface area contributed by atoms with Crippen molar-refractivity contribution < 1.29 is 18.4 Å². The van der Waals surface area contributed by atoms with Gasteiger partial charge < -0.3 is 11.1 Å². The number of aromatic nitrogens is 1. The molecule has 3 rings (SSSR count). The van der Waals surface area contributed by atoms with E-state index in [0.29, 0.717) is 17.3 Å². The van der Waals surface area contributed by atoms with Crippen LogP contribution in [-0.4, -0.2) is 34.7 Å². The number of anilines is 1. The summed E-state index contributed by atoms with van der Waals surface area (Å²) >= 11 is 0. The van der Waals surface area contributed by atoms with Gasteiger partial charge in [-0.25, -0.2) is 18.8 Å². The lowest BCUT2D eigenvalue weighted by molar-refractivity contribution is -0.128. The molecule has 2 amide bonds. The average Bonchev–Trinajstić information content (AvgIpc) is 2.59. The molecule has 0 aliphatic carbocycles. The summed E-state index contributed by atoms with van der Waals surface area (Å²) < 4.78 is 26.7. The van der Waals surface area contributed by atoms with E-state index in [4.69, 9.17) is 5.73 Å². The fraction of sp³-hybridized carbons (Fsp3) is 0.222. The van der Waals surface area contributed by atoms with Crippen LogP contribution in [0.5, 0.6) is 0 Å². The van der Waals surface area contributed by atoms with E-state index in [2.05, 4.69) is 15.3 Å². The SMILES string of the molecule is CN1C(=O)CC(C)(c2cccc(NC(=O)c3ncc(F)cc3F)c2)N=C1N. The van der Waals surface area contributed by atoms with Crippen LogP contribution in [0.4, 0.5) is 14.5 Å². The third kappa shape index (κ3) is 3.62. The molecular formula is C18H17F2N5O2. The number of guanidine groups is 1. The molecule has 1 aromatic carbocycles. The lowest BCUT2D eigenvalue weighted by Crippen LogP contribution is -2.47. The zero-order valence-electron chi connectivity index (χ0n) is 14.7. The molecular weight excluding hydrogens is 356 g/mol. The molecule has 1 aliphatic rings. The van der Waals surface area contributed by atoms with E-state index in [1.54, 1.807) is 38.2 Å². The number of rotatable bonds is 3. The van der Waals surface area contributed by atoms with Crippen LogP contribution < -0.4 is 11.1 Å². The van der Waals surface area contributed by atoms with Crippen LogP contribution in [0.2, 0.25) is 0 Å². The van der Waals surface area contributed by atoms with Gasteiger partial charge in [0.05, 0.1) is 18.2 Å². The zero-order valence-corrected chi connectivity index (χ0v) is 14.7. The molecule has 1 aliphatic heterocycles. The highest BCUT2D eigenvalue weighted by Gasteiger charge is 2.36. The third-order valence-electron chi connectivity index (χ3n) is 4.34. The zero-order chi connectivity index (χ0) is 19.8. The molecule has 27 heavy (non-hydrogen) atoms. The Hall–Kier alpha value is -3.36. The molecule has 9 heteroatoms. The van der Waals surface area contributed by atoms with Gasteiger partial charge in [0.15, 0.2) is 17.5 Å². The normalized spacial score (nSPS) is 19.6. The van der Waals surface area contributed by atoms with Gasteiger partial charge in [-0.2, -0.15) is 0 Å². The third-order valence-corrected chi connectivity index (χ3v) is 4.34. The summed E-state index contributed by atoms with van der Waals surface area (Å²) in [6.45, 7) is 1.76. The smallest absolute Gasteiger partial charge is 0.277 e. The summed E-state index contributed by atoms with van der Waals surface area (Å²) in [5.74, 6) is -2.84. The molecule has 0 saturated carbocycles. The predicted octanol–water partition coefficient (Wildman–Crippen LogP) is 2.00. The molecule has 140 valence electrons. The number of carbonyl (C=O) groups excluding carboxylic acids is 2. The van der Waals surface area contributed by atoms with Crippen LogP contribution >= 0.6 is 0 Å². The first-order valence-electron chi connectivity index (χ1n) is 8.04. The summed E-state index contributed by atoms with van der Waals surface area (Å²) in [4.78, 5) is 33.5. The van der Waals surface area contributed by atoms with Crippen molar-refractivity contribution in [1.29, 1.82) is 0 Å². The van der Waals surface area contributed by atoms with Crippen molar-refractivity contribution in [2.45, 2.75) is 18.9 Å². The molecule has 0 radical (unpaired) electrons. The van der Waals surface area contributed by atoms with Gasteiger partial charge in [0, 0.05) is 18.8 Å². The van der Waals surface area contributed by atoms with Gasteiger partial charge in [0.1, 0.15) is 5.82 Å². The van der Waals surface area contributed by atoms with Gasteiger partial charge in [-0.05, 0) is 24.6 Å². The molecule has 1 unspecified atom stereocenters. The number of amides is 2. The first-order valence-corrected chi connectivity index (χ1v) is 8.04. The fourth-order valence-corrected chi connectivity index (χ4v) is 2.78. The van der Waals surface area contributed by atoms with E-state index >= 15 is 0 Å². The van der Waals surface area contributed by atoms with E-state index in [9.17, 15) is 18.4 Å². The second-order valence-electron chi connectivity index (χ2n) is 6.39. The summed E-state index contributed by atoms with van der Waals surface area (Å²) in [7, 11) is 1.54. The minimum Gasteiger partial charge on any atom is -0.369 e. The largest absolute Gasteiger partial charge is 0.369 e. The quantitative estimate of drug-likeness (QED) is 0.859. The summed E-state index contributed by atoms with van der Waals surface area (Å²) in [6, 6.07) is 7.21. The summed E-state index contributed by atoms with van der Waals surface area (Å²) in [6.07, 6.45) is 0.868. The number of hydrogen-bond acceptors (Lipinski definition) is 5. The van der Waals surface area contributed by atoms with E-state index < -0.39 is 28.8 Å². The molecule has 1 atom stereocenters. The van der Waals surface area contributed by atoms with Crippen molar-refractivity contribution in [1.82, 2.24) is 9.88 Å². The van der Waals surface area contributed by atoms with Crippen LogP contribution in [-0.2, 0) is 10.3 Å². The molecule has 1 aromatic heterocycles. The van der Waals surface area contributed by atoms with Crippen molar-refractivity contribution in [2.75, 3.05) is 12.4 Å². The Morgan fingerprint density at radius 1 is 1.33 bits per heavy atom. The van der Waals surface area contributed by atoms with Crippen LogP contribution in [0.3, 0.4) is 0 Å². The minimum atomic E-state index is -1.06. The Kier molecular flexibility index (Phi) is 4.61. The van der Waals surface area contributed by atoms with E-state index in [-0.39, 0.29) is 18.3 Å². The van der Waals surface area contributed by atoms with Crippen molar-refractivity contribution in [2.24, 2.45) is 10.7 Å². The number of nitrogens with one attached hydrogen (secondary N) is 1. The molecule has 3 N–H and O–H groups in total. The second kappa shape index (κ2) is 6.75. The summed E-state index contributed by atoms with van der Waals surface area (Å²) in [5, 5.41) is 2.51. The highest BCUT2D eigenvalue weighted by atomic mass is 19.1. The molecule has 2 aromatic rings. The summed E-state index contributed by atoms with van der Waals surface area (Å²) in [5.41, 5.74) is 5.39. The topological polar surface area (TPSA) is 101 Å². The van der Waals surface area contributed by atoms with Crippen LogP contribution in [0.25, 0.3) is 0 Å². The Bertz CT molecular complexity index is 963. The maximum Gasteiger partial charge on any atom is 0.277 e. The molecule has 2 heterocycles. The number of benzene rings is 1. The molecule has 0 saturated heterocycles. The first-order chi connectivity index (χ1) is 12.7. The Labute approximate surface area is 153 Å². The number of carbonyl (C=O) groups is 2. The Morgan fingerprint density at radius 2 is 2.07 bits per heavy atom. The van der Waals surface area contributed by atoms with Gasteiger partial charge >= 0.3 is 0 Å². The Balaban J connectivity index is 1.88. The van der Waals surface area contributed by atoms with E-state index in [0.717, 1.165) is 6.20 Å². The number of aliphatic imine (C=N–C) groups is 1. The standard InChI is InChI=1S/C18H17F2N5O2/c1-18(8-14(26)25(2)17(21)24-18)10-4-3-5-12(6-10)23-16(27)15-13(20)7-11(19)9-22-15/h3-7,9H,8H2,1-2H3,(H2,21,24)(H,23,27). The lowest BCUT2D eigenvalue weighted by atomic mass is 9.87. The van der Waals surface area contributed by atoms with Gasteiger partial charge in [-0.15, -0.1) is 0 Å². The van der Waals surface area contributed by atoms with E-state index in [1.807, 2.05) is 0 Å². The second-order valence-corrected chi connectivity index (χ2v) is 6.39. The van der Waals surface area contributed by atoms with Crippen molar-refractivity contribution in [3.8, 4) is 0 Å². The van der Waals surface area contributed by atoms with Crippen molar-refractivity contribution >= 4 is 23.5 Å². The number of hydrogen-bond donors (Lipinski definition) is 2.